The van der Waals surface area contributed by atoms with Crippen LogP contribution in [0.5, 0.6) is 0 Å². The first-order valence-electron chi connectivity index (χ1n) is 14.2. The number of benzene rings is 2. The molecule has 0 radical (unpaired) electrons. The Labute approximate surface area is 231 Å². The molecule has 0 spiro atoms. The standard InChI is InChI=1S/C19H22NO3S.3C4H9.Sn/c1-3-4-14-20(19(15-21)17-8-6-5-7-9-17)24(22,23)18-12-10-16(2)11-13-18;3*1-3-4-2;/h3,5-14,19,21H,1,4,15H2,2H3;3*1,3-4H2,2H3;/t19-;;;;/m0..../s1. The molecule has 2 aromatic carbocycles. The summed E-state index contributed by atoms with van der Waals surface area (Å²) in [5.74, 6) is 0. The molecule has 0 aliphatic heterocycles. The molecule has 0 saturated carbocycles. The Balaban J connectivity index is 2.84. The second-order valence-electron chi connectivity index (χ2n) is 10.5. The van der Waals surface area contributed by atoms with Gasteiger partial charge < -0.3 is 0 Å². The minimum absolute atomic E-state index is 0.0971. The molecule has 206 valence electrons. The van der Waals surface area contributed by atoms with Crippen LogP contribution < -0.4 is 0 Å². The fourth-order valence-corrected chi connectivity index (χ4v) is 28.0. The predicted molar refractivity (Wildman–Crippen MR) is 160 cm³/mol. The van der Waals surface area contributed by atoms with E-state index in [1.54, 1.807) is 16.4 Å². The van der Waals surface area contributed by atoms with Gasteiger partial charge in [-0.3, -0.25) is 0 Å². The Morgan fingerprint density at radius 1 is 0.892 bits per heavy atom. The van der Waals surface area contributed by atoms with Crippen molar-refractivity contribution in [3.05, 3.63) is 78.4 Å². The van der Waals surface area contributed by atoms with Crippen LogP contribution in [0.1, 0.15) is 82.9 Å². The molecule has 0 amide bonds. The molecule has 1 N–H and O–H groups in total. The Morgan fingerprint density at radius 3 is 1.84 bits per heavy atom. The zero-order valence-corrected chi connectivity index (χ0v) is 27.2. The van der Waals surface area contributed by atoms with E-state index in [0.717, 1.165) is 49.7 Å². The summed E-state index contributed by atoms with van der Waals surface area (Å²) in [6, 6.07) is 16.3. The summed E-state index contributed by atoms with van der Waals surface area (Å²) in [6.07, 6.45) is 9.35. The van der Waals surface area contributed by atoms with Crippen molar-refractivity contribution < 1.29 is 13.5 Å². The third kappa shape index (κ3) is 8.41. The van der Waals surface area contributed by atoms with Crippen LogP contribution in [0.3, 0.4) is 0 Å². The summed E-state index contributed by atoms with van der Waals surface area (Å²) >= 11 is -3.18. The molecule has 0 fully saturated rings. The van der Waals surface area contributed by atoms with Crippen molar-refractivity contribution in [1.82, 2.24) is 4.31 Å². The first-order chi connectivity index (χ1) is 17.8. The van der Waals surface area contributed by atoms with Gasteiger partial charge in [0.25, 0.3) is 0 Å². The molecule has 2 atom stereocenters. The maximum absolute atomic E-state index is 14.6. The Bertz CT molecular complexity index is 1000. The van der Waals surface area contributed by atoms with E-state index < -0.39 is 34.4 Å². The maximum atomic E-state index is 14.6. The van der Waals surface area contributed by atoms with Crippen LogP contribution in [-0.4, -0.2) is 46.9 Å². The molecular formula is C31H49NO3SSn. The number of aliphatic hydroxyl groups excluding tert-OH is 1. The molecule has 0 aliphatic rings. The fourth-order valence-electron chi connectivity index (χ4n) is 5.64. The molecule has 2 rings (SSSR count). The second-order valence-corrected chi connectivity index (χ2v) is 26.3. The van der Waals surface area contributed by atoms with Crippen molar-refractivity contribution >= 4 is 28.4 Å². The quantitative estimate of drug-likeness (QED) is 0.133. The Kier molecular flexibility index (Phi) is 13.9. The van der Waals surface area contributed by atoms with Gasteiger partial charge in [-0.15, -0.1) is 0 Å². The Hall–Kier alpha value is -1.15. The van der Waals surface area contributed by atoms with Crippen LogP contribution in [0, 0.1) is 6.92 Å². The molecule has 0 bridgehead atoms. The van der Waals surface area contributed by atoms with Gasteiger partial charge in [-0.05, 0) is 0 Å². The van der Waals surface area contributed by atoms with E-state index in [2.05, 4.69) is 27.4 Å². The molecule has 0 saturated heterocycles. The number of aliphatic hydroxyl groups is 1. The van der Waals surface area contributed by atoms with Gasteiger partial charge in [0.2, 0.25) is 0 Å². The summed E-state index contributed by atoms with van der Waals surface area (Å²) in [4.78, 5) is 0.309. The number of nitrogens with zero attached hydrogens (tertiary/aromatic N) is 1. The normalized spacial score (nSPS) is 14.0. The summed E-state index contributed by atoms with van der Waals surface area (Å²) in [5.41, 5.74) is 1.87. The summed E-state index contributed by atoms with van der Waals surface area (Å²) in [6.45, 7) is 12.5. The summed E-state index contributed by atoms with van der Waals surface area (Å²) < 4.78 is 34.4. The molecule has 0 unspecified atom stereocenters. The molecule has 0 aliphatic carbocycles. The van der Waals surface area contributed by atoms with Gasteiger partial charge in [0.05, 0.1) is 0 Å². The first-order valence-corrected chi connectivity index (χ1v) is 23.3. The van der Waals surface area contributed by atoms with Crippen LogP contribution in [0.25, 0.3) is 0 Å². The van der Waals surface area contributed by atoms with E-state index in [0.29, 0.717) is 11.3 Å². The predicted octanol–water partition coefficient (Wildman–Crippen LogP) is 8.05. The average Bonchev–Trinajstić information content (AvgIpc) is 2.91. The van der Waals surface area contributed by atoms with Gasteiger partial charge in [-0.25, -0.2) is 0 Å². The van der Waals surface area contributed by atoms with E-state index in [1.807, 2.05) is 55.5 Å². The van der Waals surface area contributed by atoms with E-state index in [1.165, 1.54) is 13.3 Å². The van der Waals surface area contributed by atoms with Gasteiger partial charge in [-0.2, -0.15) is 0 Å². The van der Waals surface area contributed by atoms with Crippen molar-refractivity contribution in [3.63, 3.8) is 0 Å². The molecule has 4 nitrogen and oxygen atoms in total. The molecule has 2 aromatic rings. The SMILES string of the molecule is C=CC[C@@H](N([C@@H](CO)c1ccccc1)S(=O)(=O)c1ccc(C)cc1)[Sn]([CH2]CCC)([CH2]CCC)[CH2]CCC. The average molecular weight is 635 g/mol. The molecule has 37 heavy (non-hydrogen) atoms. The topological polar surface area (TPSA) is 57.6 Å². The van der Waals surface area contributed by atoms with Crippen LogP contribution in [0.2, 0.25) is 13.3 Å². The molecule has 0 aromatic heterocycles. The van der Waals surface area contributed by atoms with Crippen LogP contribution in [0.15, 0.2) is 72.1 Å². The van der Waals surface area contributed by atoms with E-state index in [4.69, 9.17) is 0 Å². The molecule has 6 heteroatoms. The third-order valence-electron chi connectivity index (χ3n) is 7.75. The number of sulfonamides is 1. The number of hydrogen-bond donors (Lipinski definition) is 1. The molecule has 0 heterocycles. The van der Waals surface area contributed by atoms with Crippen LogP contribution >= 0.6 is 0 Å². The van der Waals surface area contributed by atoms with Gasteiger partial charge in [0.15, 0.2) is 0 Å². The second kappa shape index (κ2) is 16.1. The number of hydrogen-bond acceptors (Lipinski definition) is 3. The van der Waals surface area contributed by atoms with E-state index >= 15 is 0 Å². The summed E-state index contributed by atoms with van der Waals surface area (Å²) in [7, 11) is -3.88. The summed E-state index contributed by atoms with van der Waals surface area (Å²) in [5, 5.41) is 10.8. The van der Waals surface area contributed by atoms with E-state index in [-0.39, 0.29) is 10.7 Å². The van der Waals surface area contributed by atoms with Gasteiger partial charge >= 0.3 is 232 Å². The van der Waals surface area contributed by atoms with Crippen molar-refractivity contribution in [2.24, 2.45) is 0 Å². The van der Waals surface area contributed by atoms with Gasteiger partial charge in [0.1, 0.15) is 0 Å². The first kappa shape index (κ1) is 32.1. The van der Waals surface area contributed by atoms with E-state index in [9.17, 15) is 13.5 Å². The van der Waals surface area contributed by atoms with Gasteiger partial charge in [0, 0.05) is 0 Å². The third-order valence-corrected chi connectivity index (χ3v) is 27.3. The zero-order chi connectivity index (χ0) is 27.3. The van der Waals surface area contributed by atoms with Gasteiger partial charge in [-0.1, -0.05) is 0 Å². The van der Waals surface area contributed by atoms with Crippen LogP contribution in [-0.2, 0) is 10.0 Å². The Morgan fingerprint density at radius 2 is 1.41 bits per heavy atom. The van der Waals surface area contributed by atoms with Crippen molar-refractivity contribution in [2.45, 2.75) is 101 Å². The number of aryl methyl sites for hydroxylation is 1. The van der Waals surface area contributed by atoms with Crippen LogP contribution in [0.4, 0.5) is 0 Å². The zero-order valence-electron chi connectivity index (χ0n) is 23.5. The number of unbranched alkanes of at least 4 members (excludes halogenated alkanes) is 3. The monoisotopic (exact) mass is 635 g/mol. The van der Waals surface area contributed by atoms with Crippen molar-refractivity contribution in [3.8, 4) is 0 Å². The molecular weight excluding hydrogens is 585 g/mol. The van der Waals surface area contributed by atoms with Crippen molar-refractivity contribution in [2.75, 3.05) is 6.61 Å². The number of rotatable bonds is 18. The van der Waals surface area contributed by atoms with Crippen molar-refractivity contribution in [1.29, 1.82) is 0 Å². The fraction of sp³-hybridized carbons (Fsp3) is 0.548. The minimum atomic E-state index is -3.88.